The molecule has 0 heterocycles. The van der Waals surface area contributed by atoms with Crippen LogP contribution in [0.1, 0.15) is 57.6 Å². The lowest BCUT2D eigenvalue weighted by Crippen LogP contribution is -2.26. The first kappa shape index (κ1) is 22.9. The second-order valence-corrected chi connectivity index (χ2v) is 8.95. The van der Waals surface area contributed by atoms with Crippen LogP contribution in [0.4, 0.5) is 15.8 Å². The van der Waals surface area contributed by atoms with E-state index in [0.29, 0.717) is 5.69 Å². The Bertz CT molecular complexity index is 824. The molecule has 0 saturated heterocycles. The minimum absolute atomic E-state index is 0.125. The lowest BCUT2D eigenvalue weighted by atomic mass is 9.92. The van der Waals surface area contributed by atoms with Gasteiger partial charge in [-0.25, -0.2) is 4.39 Å². The summed E-state index contributed by atoms with van der Waals surface area (Å²) in [6.07, 6.45) is 0. The average Bonchev–Trinajstić information content (AvgIpc) is 2.67. The van der Waals surface area contributed by atoms with E-state index in [-0.39, 0.29) is 35.2 Å². The second kappa shape index (κ2) is 10.4. The predicted octanol–water partition coefficient (Wildman–Crippen LogP) is 5.77. The van der Waals surface area contributed by atoms with Crippen LogP contribution in [0, 0.1) is 5.82 Å². The van der Waals surface area contributed by atoms with Crippen molar-refractivity contribution in [1.82, 2.24) is 0 Å². The molecule has 6 heteroatoms. The Kier molecular flexibility index (Phi) is 8.26. The predicted molar refractivity (Wildman–Crippen MR) is 120 cm³/mol. The van der Waals surface area contributed by atoms with Crippen molar-refractivity contribution in [3.8, 4) is 0 Å². The molecule has 0 unspecified atom stereocenters. The van der Waals surface area contributed by atoms with Crippen LogP contribution in [0.5, 0.6) is 0 Å². The summed E-state index contributed by atoms with van der Waals surface area (Å²) in [4.78, 5) is 24.9. The molecule has 2 N–H and O–H groups in total. The number of benzene rings is 2. The highest BCUT2D eigenvalue weighted by Crippen LogP contribution is 2.32. The lowest BCUT2D eigenvalue weighted by molar-refractivity contribution is -0.115. The van der Waals surface area contributed by atoms with E-state index in [9.17, 15) is 14.0 Å². The third kappa shape index (κ3) is 6.60. The van der Waals surface area contributed by atoms with Gasteiger partial charge in [-0.1, -0.05) is 45.9 Å². The Morgan fingerprint density at radius 1 is 0.897 bits per heavy atom. The van der Waals surface area contributed by atoms with Gasteiger partial charge in [0.05, 0.1) is 11.0 Å². The lowest BCUT2D eigenvalue weighted by Gasteiger charge is -2.21. The zero-order valence-electron chi connectivity index (χ0n) is 17.6. The molecule has 0 aromatic heterocycles. The van der Waals surface area contributed by atoms with Gasteiger partial charge in [0.15, 0.2) is 0 Å². The Labute approximate surface area is 176 Å². The molecule has 2 aromatic carbocycles. The highest BCUT2D eigenvalue weighted by Gasteiger charge is 2.20. The first-order chi connectivity index (χ1) is 13.7. The number of carbonyl (C=O) groups excluding carboxylic acids is 2. The van der Waals surface area contributed by atoms with Crippen LogP contribution < -0.4 is 10.6 Å². The molecule has 2 aromatic rings. The van der Waals surface area contributed by atoms with Crippen LogP contribution in [0.3, 0.4) is 0 Å². The van der Waals surface area contributed by atoms with Crippen molar-refractivity contribution in [3.63, 3.8) is 0 Å². The zero-order chi connectivity index (χ0) is 21.6. The molecule has 2 amide bonds. The van der Waals surface area contributed by atoms with E-state index in [0.717, 1.165) is 16.8 Å². The van der Waals surface area contributed by atoms with Crippen molar-refractivity contribution >= 4 is 35.0 Å². The number of anilines is 2. The number of nitrogens with one attached hydrogen (secondary N) is 2. The topological polar surface area (TPSA) is 58.2 Å². The van der Waals surface area contributed by atoms with E-state index in [1.807, 2.05) is 18.2 Å². The minimum atomic E-state index is -0.394. The number of amides is 2. The quantitative estimate of drug-likeness (QED) is 0.574. The minimum Gasteiger partial charge on any atom is -0.325 e. The monoisotopic (exact) mass is 416 g/mol. The van der Waals surface area contributed by atoms with Gasteiger partial charge < -0.3 is 10.6 Å². The molecule has 0 aliphatic carbocycles. The van der Waals surface area contributed by atoms with E-state index in [1.165, 1.54) is 36.0 Å². The van der Waals surface area contributed by atoms with Gasteiger partial charge in [-0.15, -0.1) is 11.8 Å². The largest absolute Gasteiger partial charge is 0.325 e. The molecular weight excluding hydrogens is 387 g/mol. The van der Waals surface area contributed by atoms with Gasteiger partial charge in [-0.05, 0) is 54.2 Å². The van der Waals surface area contributed by atoms with Crippen LogP contribution in [-0.2, 0) is 9.59 Å². The number of para-hydroxylation sites is 1. The fraction of sp³-hybridized carbons (Fsp3) is 0.391. The van der Waals surface area contributed by atoms with Gasteiger partial charge in [0.1, 0.15) is 5.82 Å². The standard InChI is InChI=1S/C23H29FN2O2S/c1-14(2)19-7-6-8-20(15(3)4)22(19)26-23(28)16(5)29-13-21(27)25-18-11-9-17(24)10-12-18/h6-12,14-16H,13H2,1-5H3,(H,25,27)(H,26,28)/t16-/m0/s1. The van der Waals surface area contributed by atoms with Crippen LogP contribution in [0.2, 0.25) is 0 Å². The summed E-state index contributed by atoms with van der Waals surface area (Å²) in [6, 6.07) is 11.7. The first-order valence-corrected chi connectivity index (χ1v) is 10.8. The van der Waals surface area contributed by atoms with Gasteiger partial charge >= 0.3 is 0 Å². The molecular formula is C23H29FN2O2S. The average molecular weight is 417 g/mol. The summed E-state index contributed by atoms with van der Waals surface area (Å²) in [5.41, 5.74) is 3.62. The SMILES string of the molecule is CC(C)c1cccc(C(C)C)c1NC(=O)[C@H](C)SCC(=O)Nc1ccc(F)cc1. The number of rotatable bonds is 8. The van der Waals surface area contributed by atoms with E-state index >= 15 is 0 Å². The Morgan fingerprint density at radius 2 is 1.45 bits per heavy atom. The summed E-state index contributed by atoms with van der Waals surface area (Å²) in [6.45, 7) is 10.2. The molecule has 2 rings (SSSR count). The van der Waals surface area contributed by atoms with Crippen molar-refractivity contribution in [3.05, 3.63) is 59.4 Å². The molecule has 156 valence electrons. The summed E-state index contributed by atoms with van der Waals surface area (Å²) >= 11 is 1.26. The number of halogens is 1. The van der Waals surface area contributed by atoms with E-state index in [2.05, 4.69) is 38.3 Å². The smallest absolute Gasteiger partial charge is 0.237 e. The zero-order valence-corrected chi connectivity index (χ0v) is 18.4. The van der Waals surface area contributed by atoms with E-state index < -0.39 is 5.25 Å². The van der Waals surface area contributed by atoms with Crippen LogP contribution in [0.15, 0.2) is 42.5 Å². The van der Waals surface area contributed by atoms with Crippen LogP contribution in [0.25, 0.3) is 0 Å². The van der Waals surface area contributed by atoms with Crippen molar-refractivity contribution < 1.29 is 14.0 Å². The van der Waals surface area contributed by atoms with Crippen LogP contribution >= 0.6 is 11.8 Å². The highest BCUT2D eigenvalue weighted by atomic mass is 32.2. The molecule has 29 heavy (non-hydrogen) atoms. The Morgan fingerprint density at radius 3 is 1.97 bits per heavy atom. The third-order valence-corrected chi connectivity index (χ3v) is 5.73. The first-order valence-electron chi connectivity index (χ1n) is 9.79. The van der Waals surface area contributed by atoms with Gasteiger partial charge in [0, 0.05) is 11.4 Å². The maximum absolute atomic E-state index is 12.9. The molecule has 0 spiro atoms. The maximum atomic E-state index is 12.9. The summed E-state index contributed by atoms with van der Waals surface area (Å²) < 4.78 is 12.9. The van der Waals surface area contributed by atoms with Crippen molar-refractivity contribution in [1.29, 1.82) is 0 Å². The molecule has 0 aliphatic rings. The fourth-order valence-corrected chi connectivity index (χ4v) is 3.61. The van der Waals surface area contributed by atoms with Crippen molar-refractivity contribution in [2.75, 3.05) is 16.4 Å². The Hall–Kier alpha value is -2.34. The van der Waals surface area contributed by atoms with Crippen molar-refractivity contribution in [2.45, 2.75) is 51.7 Å². The number of hydrogen-bond donors (Lipinski definition) is 2. The molecule has 0 radical (unpaired) electrons. The van der Waals surface area contributed by atoms with Crippen molar-refractivity contribution in [2.24, 2.45) is 0 Å². The third-order valence-electron chi connectivity index (χ3n) is 4.58. The number of carbonyl (C=O) groups is 2. The van der Waals surface area contributed by atoms with E-state index in [4.69, 9.17) is 0 Å². The summed E-state index contributed by atoms with van der Waals surface area (Å²) in [7, 11) is 0. The summed E-state index contributed by atoms with van der Waals surface area (Å²) in [5, 5.41) is 5.40. The van der Waals surface area contributed by atoms with Gasteiger partial charge in [0.2, 0.25) is 11.8 Å². The second-order valence-electron chi connectivity index (χ2n) is 7.62. The molecule has 0 saturated carbocycles. The molecule has 0 aliphatic heterocycles. The fourth-order valence-electron chi connectivity index (χ4n) is 2.93. The molecule has 0 fully saturated rings. The normalized spacial score (nSPS) is 12.1. The van der Waals surface area contributed by atoms with Gasteiger partial charge in [-0.2, -0.15) is 0 Å². The molecule has 0 bridgehead atoms. The molecule has 1 atom stereocenters. The number of hydrogen-bond acceptors (Lipinski definition) is 3. The van der Waals surface area contributed by atoms with Gasteiger partial charge in [0.25, 0.3) is 0 Å². The summed E-state index contributed by atoms with van der Waals surface area (Å²) in [5.74, 6) is -0.00671. The van der Waals surface area contributed by atoms with E-state index in [1.54, 1.807) is 6.92 Å². The Balaban J connectivity index is 1.98. The van der Waals surface area contributed by atoms with Gasteiger partial charge in [-0.3, -0.25) is 9.59 Å². The molecule has 4 nitrogen and oxygen atoms in total. The maximum Gasteiger partial charge on any atom is 0.237 e. The highest BCUT2D eigenvalue weighted by molar-refractivity contribution is 8.01. The number of thioether (sulfide) groups is 1. The van der Waals surface area contributed by atoms with Crippen LogP contribution in [-0.4, -0.2) is 22.8 Å².